The number of aromatic nitrogens is 1. The van der Waals surface area contributed by atoms with E-state index in [0.717, 1.165) is 28.3 Å². The third-order valence-electron chi connectivity index (χ3n) is 3.50. The molecule has 0 aliphatic rings. The zero-order valence-corrected chi connectivity index (χ0v) is 12.7. The van der Waals surface area contributed by atoms with Gasteiger partial charge >= 0.3 is 0 Å². The van der Waals surface area contributed by atoms with Crippen LogP contribution in [0.3, 0.4) is 0 Å². The molecule has 4 nitrogen and oxygen atoms in total. The SMILES string of the molecule is CS(=O)(=O)c1cccc(-c2ccc3nccc(C=O)c3c2)c1. The highest BCUT2D eigenvalue weighted by Crippen LogP contribution is 2.26. The summed E-state index contributed by atoms with van der Waals surface area (Å²) in [4.78, 5) is 15.6. The zero-order chi connectivity index (χ0) is 15.7. The molecule has 0 N–H and O–H groups in total. The quantitative estimate of drug-likeness (QED) is 0.697. The Labute approximate surface area is 128 Å². The molecule has 22 heavy (non-hydrogen) atoms. The van der Waals surface area contributed by atoms with Crippen LogP contribution in [-0.4, -0.2) is 25.9 Å². The number of fused-ring (bicyclic) bond motifs is 1. The van der Waals surface area contributed by atoms with Crippen molar-refractivity contribution in [1.82, 2.24) is 4.98 Å². The largest absolute Gasteiger partial charge is 0.298 e. The van der Waals surface area contributed by atoms with E-state index < -0.39 is 9.84 Å². The maximum absolute atomic E-state index is 11.7. The van der Waals surface area contributed by atoms with Gasteiger partial charge in [0.05, 0.1) is 10.4 Å². The Hall–Kier alpha value is -2.53. The highest BCUT2D eigenvalue weighted by molar-refractivity contribution is 7.90. The summed E-state index contributed by atoms with van der Waals surface area (Å²) >= 11 is 0. The minimum absolute atomic E-state index is 0.270. The van der Waals surface area contributed by atoms with Crippen molar-refractivity contribution in [3.63, 3.8) is 0 Å². The molecule has 5 heteroatoms. The first-order chi connectivity index (χ1) is 10.5. The second-order valence-corrected chi connectivity index (χ2v) is 7.07. The molecule has 1 heterocycles. The average Bonchev–Trinajstić information content (AvgIpc) is 2.53. The van der Waals surface area contributed by atoms with Crippen LogP contribution in [-0.2, 0) is 9.84 Å². The average molecular weight is 311 g/mol. The van der Waals surface area contributed by atoms with Crippen LogP contribution in [0.2, 0.25) is 0 Å². The molecule has 0 saturated heterocycles. The van der Waals surface area contributed by atoms with Gasteiger partial charge in [-0.1, -0.05) is 18.2 Å². The number of nitrogens with zero attached hydrogens (tertiary/aromatic N) is 1. The lowest BCUT2D eigenvalue weighted by Gasteiger charge is -2.07. The molecule has 2 aromatic carbocycles. The van der Waals surface area contributed by atoms with Crippen molar-refractivity contribution in [1.29, 1.82) is 0 Å². The fourth-order valence-electron chi connectivity index (χ4n) is 2.36. The van der Waals surface area contributed by atoms with Gasteiger partial charge in [0.25, 0.3) is 0 Å². The van der Waals surface area contributed by atoms with Gasteiger partial charge in [0.15, 0.2) is 16.1 Å². The number of hydrogen-bond acceptors (Lipinski definition) is 4. The number of hydrogen-bond donors (Lipinski definition) is 0. The normalized spacial score (nSPS) is 11.5. The van der Waals surface area contributed by atoms with Gasteiger partial charge in [-0.05, 0) is 41.5 Å². The molecular weight excluding hydrogens is 298 g/mol. The molecule has 110 valence electrons. The number of benzene rings is 2. The summed E-state index contributed by atoms with van der Waals surface area (Å²) in [7, 11) is -3.26. The molecule has 0 spiro atoms. The van der Waals surface area contributed by atoms with E-state index in [2.05, 4.69) is 4.98 Å². The molecular formula is C17H13NO3S. The van der Waals surface area contributed by atoms with Crippen LogP contribution in [0.15, 0.2) is 59.6 Å². The van der Waals surface area contributed by atoms with Crippen LogP contribution in [0.5, 0.6) is 0 Å². The van der Waals surface area contributed by atoms with Gasteiger partial charge in [-0.2, -0.15) is 0 Å². The third kappa shape index (κ3) is 2.63. The third-order valence-corrected chi connectivity index (χ3v) is 4.61. The minimum Gasteiger partial charge on any atom is -0.298 e. The van der Waals surface area contributed by atoms with Gasteiger partial charge in [0.2, 0.25) is 0 Å². The maximum atomic E-state index is 11.7. The lowest BCUT2D eigenvalue weighted by Crippen LogP contribution is -1.96. The first kappa shape index (κ1) is 14.4. The van der Waals surface area contributed by atoms with Crippen LogP contribution >= 0.6 is 0 Å². The summed E-state index contributed by atoms with van der Waals surface area (Å²) in [6, 6.07) is 14.0. The Balaban J connectivity index is 2.21. The van der Waals surface area contributed by atoms with E-state index in [0.29, 0.717) is 5.56 Å². The Bertz CT molecular complexity index is 978. The predicted molar refractivity (Wildman–Crippen MR) is 85.7 cm³/mol. The van der Waals surface area contributed by atoms with Gasteiger partial charge in [-0.3, -0.25) is 9.78 Å². The zero-order valence-electron chi connectivity index (χ0n) is 11.9. The molecule has 0 bridgehead atoms. The topological polar surface area (TPSA) is 64.1 Å². The summed E-state index contributed by atoms with van der Waals surface area (Å²) < 4.78 is 23.3. The molecule has 0 atom stereocenters. The fraction of sp³-hybridized carbons (Fsp3) is 0.0588. The van der Waals surface area contributed by atoms with E-state index in [1.807, 2.05) is 24.3 Å². The second kappa shape index (κ2) is 5.35. The molecule has 0 unspecified atom stereocenters. The van der Waals surface area contributed by atoms with Crippen LogP contribution < -0.4 is 0 Å². The van der Waals surface area contributed by atoms with Crippen LogP contribution in [0.4, 0.5) is 0 Å². The van der Waals surface area contributed by atoms with Crippen LogP contribution in [0.25, 0.3) is 22.0 Å². The maximum Gasteiger partial charge on any atom is 0.175 e. The molecule has 1 aromatic heterocycles. The van der Waals surface area contributed by atoms with Crippen molar-refractivity contribution in [2.45, 2.75) is 4.90 Å². The molecule has 0 radical (unpaired) electrons. The van der Waals surface area contributed by atoms with Gasteiger partial charge in [-0.15, -0.1) is 0 Å². The molecule has 0 saturated carbocycles. The number of carbonyl (C=O) groups excluding carboxylic acids is 1. The minimum atomic E-state index is -3.26. The second-order valence-electron chi connectivity index (χ2n) is 5.05. The predicted octanol–water partition coefficient (Wildman–Crippen LogP) is 3.12. The Kier molecular flexibility index (Phi) is 3.50. The number of pyridine rings is 1. The summed E-state index contributed by atoms with van der Waals surface area (Å²) in [6.07, 6.45) is 3.57. The van der Waals surface area contributed by atoms with E-state index >= 15 is 0 Å². The summed E-state index contributed by atoms with van der Waals surface area (Å²) in [5, 5.41) is 0.750. The van der Waals surface area contributed by atoms with E-state index in [9.17, 15) is 13.2 Å². The van der Waals surface area contributed by atoms with Gasteiger partial charge in [-0.25, -0.2) is 8.42 Å². The molecule has 3 rings (SSSR count). The molecule has 0 fully saturated rings. The first-order valence-corrected chi connectivity index (χ1v) is 8.52. The first-order valence-electron chi connectivity index (χ1n) is 6.63. The monoisotopic (exact) mass is 311 g/mol. The summed E-state index contributed by atoms with van der Waals surface area (Å²) in [6.45, 7) is 0. The molecule has 0 aliphatic carbocycles. The summed E-state index contributed by atoms with van der Waals surface area (Å²) in [5.41, 5.74) is 2.92. The Morgan fingerprint density at radius 1 is 1.00 bits per heavy atom. The van der Waals surface area contributed by atoms with Crippen LogP contribution in [0.1, 0.15) is 10.4 Å². The van der Waals surface area contributed by atoms with E-state index in [-0.39, 0.29) is 4.90 Å². The smallest absolute Gasteiger partial charge is 0.175 e. The highest BCUT2D eigenvalue weighted by Gasteiger charge is 2.09. The number of rotatable bonds is 3. The van der Waals surface area contributed by atoms with E-state index in [1.54, 1.807) is 30.5 Å². The highest BCUT2D eigenvalue weighted by atomic mass is 32.2. The molecule has 0 aliphatic heterocycles. The van der Waals surface area contributed by atoms with Crippen molar-refractivity contribution in [2.75, 3.05) is 6.26 Å². The summed E-state index contributed by atoms with van der Waals surface area (Å²) in [5.74, 6) is 0. The number of sulfone groups is 1. The standard InChI is InChI=1S/C17H13NO3S/c1-22(20,21)15-4-2-3-12(9-15)13-5-6-17-16(10-13)14(11-19)7-8-18-17/h2-11H,1H3. The number of aldehydes is 1. The fourth-order valence-corrected chi connectivity index (χ4v) is 3.02. The van der Waals surface area contributed by atoms with Crippen molar-refractivity contribution < 1.29 is 13.2 Å². The van der Waals surface area contributed by atoms with Crippen molar-refractivity contribution >= 4 is 27.0 Å². The van der Waals surface area contributed by atoms with Gasteiger partial charge < -0.3 is 0 Å². The van der Waals surface area contributed by atoms with Gasteiger partial charge in [0, 0.05) is 23.4 Å². The van der Waals surface area contributed by atoms with E-state index in [4.69, 9.17) is 0 Å². The Morgan fingerprint density at radius 3 is 2.50 bits per heavy atom. The lowest BCUT2D eigenvalue weighted by atomic mass is 10.0. The van der Waals surface area contributed by atoms with E-state index in [1.165, 1.54) is 6.26 Å². The van der Waals surface area contributed by atoms with Crippen molar-refractivity contribution in [3.05, 3.63) is 60.3 Å². The van der Waals surface area contributed by atoms with Crippen molar-refractivity contribution in [3.8, 4) is 11.1 Å². The Morgan fingerprint density at radius 2 is 1.77 bits per heavy atom. The number of carbonyl (C=O) groups is 1. The molecule has 0 amide bonds. The van der Waals surface area contributed by atoms with Crippen LogP contribution in [0, 0.1) is 0 Å². The lowest BCUT2D eigenvalue weighted by molar-refractivity contribution is 0.112. The van der Waals surface area contributed by atoms with Gasteiger partial charge in [0.1, 0.15) is 0 Å². The molecule has 3 aromatic rings. The van der Waals surface area contributed by atoms with Crippen molar-refractivity contribution in [2.24, 2.45) is 0 Å².